The molecule has 0 radical (unpaired) electrons. The van der Waals surface area contributed by atoms with E-state index in [4.69, 9.17) is 4.74 Å². The van der Waals surface area contributed by atoms with Gasteiger partial charge in [-0.3, -0.25) is 4.79 Å². The Labute approximate surface area is 125 Å². The predicted molar refractivity (Wildman–Crippen MR) is 85.5 cm³/mol. The van der Waals surface area contributed by atoms with Crippen LogP contribution in [0.2, 0.25) is 0 Å². The number of benzene rings is 2. The van der Waals surface area contributed by atoms with E-state index >= 15 is 0 Å². The van der Waals surface area contributed by atoms with Gasteiger partial charge < -0.3 is 15.4 Å². The van der Waals surface area contributed by atoms with Crippen molar-refractivity contribution in [2.45, 2.75) is 19.9 Å². The molecule has 2 aromatic rings. The lowest BCUT2D eigenvalue weighted by Gasteiger charge is -2.13. The number of carbonyl (C=O) groups is 1. The van der Waals surface area contributed by atoms with E-state index < -0.39 is 0 Å². The smallest absolute Gasteiger partial charge is 0.221 e. The zero-order valence-electron chi connectivity index (χ0n) is 12.6. The number of carbonyl (C=O) groups excluding carboxylic acids is 1. The number of rotatable bonds is 7. The first-order valence-corrected chi connectivity index (χ1v) is 7.28. The largest absolute Gasteiger partial charge is 0.496 e. The van der Waals surface area contributed by atoms with Crippen molar-refractivity contribution >= 4 is 16.7 Å². The Kier molecular flexibility index (Phi) is 5.58. The van der Waals surface area contributed by atoms with Crippen molar-refractivity contribution in [3.05, 3.63) is 42.0 Å². The minimum atomic E-state index is 0.0786. The minimum absolute atomic E-state index is 0.0786. The molecule has 0 aliphatic rings. The molecule has 0 bridgehead atoms. The van der Waals surface area contributed by atoms with Crippen molar-refractivity contribution in [2.75, 3.05) is 20.2 Å². The topological polar surface area (TPSA) is 50.4 Å². The van der Waals surface area contributed by atoms with Gasteiger partial charge in [-0.15, -0.1) is 0 Å². The average molecular weight is 286 g/mol. The summed E-state index contributed by atoms with van der Waals surface area (Å²) in [6.45, 7) is 3.93. The molecule has 0 saturated carbocycles. The van der Waals surface area contributed by atoms with E-state index in [-0.39, 0.29) is 5.91 Å². The van der Waals surface area contributed by atoms with Crippen LogP contribution in [0.4, 0.5) is 0 Å². The summed E-state index contributed by atoms with van der Waals surface area (Å²) in [6, 6.07) is 12.3. The number of methoxy groups -OCH3 is 1. The number of hydrogen-bond acceptors (Lipinski definition) is 3. The summed E-state index contributed by atoms with van der Waals surface area (Å²) < 4.78 is 5.45. The molecule has 4 nitrogen and oxygen atoms in total. The van der Waals surface area contributed by atoms with Crippen LogP contribution in [0.1, 0.15) is 18.9 Å². The Morgan fingerprint density at radius 3 is 2.76 bits per heavy atom. The van der Waals surface area contributed by atoms with Gasteiger partial charge in [-0.1, -0.05) is 30.3 Å². The molecule has 0 unspecified atom stereocenters. The van der Waals surface area contributed by atoms with E-state index in [1.807, 2.05) is 25.1 Å². The predicted octanol–water partition coefficient (Wildman–Crippen LogP) is 2.46. The summed E-state index contributed by atoms with van der Waals surface area (Å²) >= 11 is 0. The van der Waals surface area contributed by atoms with Crippen molar-refractivity contribution in [2.24, 2.45) is 0 Å². The second kappa shape index (κ2) is 7.64. The van der Waals surface area contributed by atoms with Crippen LogP contribution in [-0.4, -0.2) is 26.1 Å². The number of ether oxygens (including phenoxy) is 1. The Balaban J connectivity index is 2.05. The van der Waals surface area contributed by atoms with Gasteiger partial charge in [0.05, 0.1) is 7.11 Å². The normalized spacial score (nSPS) is 10.6. The van der Waals surface area contributed by atoms with Gasteiger partial charge in [-0.25, -0.2) is 0 Å². The fourth-order valence-corrected chi connectivity index (χ4v) is 2.39. The van der Waals surface area contributed by atoms with Crippen molar-refractivity contribution in [1.29, 1.82) is 0 Å². The molecule has 0 aromatic heterocycles. The summed E-state index contributed by atoms with van der Waals surface area (Å²) in [7, 11) is 1.68. The third-order valence-corrected chi connectivity index (χ3v) is 3.42. The second-order valence-corrected chi connectivity index (χ2v) is 4.85. The highest BCUT2D eigenvalue weighted by Gasteiger charge is 2.08. The molecule has 21 heavy (non-hydrogen) atoms. The Morgan fingerprint density at radius 2 is 2.00 bits per heavy atom. The average Bonchev–Trinajstić information content (AvgIpc) is 2.51. The van der Waals surface area contributed by atoms with Crippen LogP contribution >= 0.6 is 0 Å². The Morgan fingerprint density at radius 1 is 1.19 bits per heavy atom. The van der Waals surface area contributed by atoms with Gasteiger partial charge in [0.1, 0.15) is 5.75 Å². The van der Waals surface area contributed by atoms with Crippen LogP contribution in [0.25, 0.3) is 10.8 Å². The summed E-state index contributed by atoms with van der Waals surface area (Å²) in [6.07, 6.45) is 0.487. The van der Waals surface area contributed by atoms with Crippen molar-refractivity contribution < 1.29 is 9.53 Å². The number of nitrogens with one attached hydrogen (secondary N) is 2. The highest BCUT2D eigenvalue weighted by Crippen LogP contribution is 2.27. The summed E-state index contributed by atoms with van der Waals surface area (Å²) in [5, 5.41) is 8.49. The summed E-state index contributed by atoms with van der Waals surface area (Å²) in [4.78, 5) is 11.4. The molecule has 1 amide bonds. The lowest BCUT2D eigenvalue weighted by Crippen LogP contribution is -2.27. The van der Waals surface area contributed by atoms with Gasteiger partial charge in [0.2, 0.25) is 5.91 Å². The zero-order chi connectivity index (χ0) is 15.1. The first-order chi connectivity index (χ1) is 10.3. The van der Waals surface area contributed by atoms with Crippen LogP contribution in [0.5, 0.6) is 5.75 Å². The zero-order valence-corrected chi connectivity index (χ0v) is 12.6. The van der Waals surface area contributed by atoms with Crippen LogP contribution in [0.3, 0.4) is 0 Å². The van der Waals surface area contributed by atoms with Gasteiger partial charge in [0, 0.05) is 31.6 Å². The molecule has 0 fully saturated rings. The summed E-state index contributed by atoms with van der Waals surface area (Å²) in [5.41, 5.74) is 1.13. The third kappa shape index (κ3) is 3.95. The van der Waals surface area contributed by atoms with Crippen molar-refractivity contribution in [3.8, 4) is 5.75 Å². The molecule has 2 rings (SSSR count). The fourth-order valence-electron chi connectivity index (χ4n) is 2.39. The van der Waals surface area contributed by atoms with E-state index in [0.29, 0.717) is 26.1 Å². The van der Waals surface area contributed by atoms with Gasteiger partial charge in [-0.05, 0) is 23.8 Å². The van der Waals surface area contributed by atoms with E-state index in [9.17, 15) is 4.79 Å². The quantitative estimate of drug-likeness (QED) is 0.769. The monoisotopic (exact) mass is 286 g/mol. The number of hydrogen-bond donors (Lipinski definition) is 2. The third-order valence-electron chi connectivity index (χ3n) is 3.42. The van der Waals surface area contributed by atoms with E-state index in [0.717, 1.165) is 11.3 Å². The first kappa shape index (κ1) is 15.3. The molecule has 0 heterocycles. The highest BCUT2D eigenvalue weighted by molar-refractivity contribution is 5.87. The van der Waals surface area contributed by atoms with Crippen LogP contribution in [-0.2, 0) is 11.3 Å². The Hall–Kier alpha value is -2.07. The van der Waals surface area contributed by atoms with Gasteiger partial charge in [0.25, 0.3) is 0 Å². The molecule has 2 aromatic carbocycles. The molecule has 0 spiro atoms. The molecular formula is C17H22N2O2. The SMILES string of the molecule is CCNC(=O)CCNCc1c(OC)ccc2ccccc12. The lowest BCUT2D eigenvalue weighted by atomic mass is 10.0. The molecule has 4 heteroatoms. The van der Waals surface area contributed by atoms with E-state index in [2.05, 4.69) is 28.8 Å². The van der Waals surface area contributed by atoms with E-state index in [1.54, 1.807) is 7.11 Å². The summed E-state index contributed by atoms with van der Waals surface area (Å²) in [5.74, 6) is 0.953. The molecule has 0 aliphatic carbocycles. The van der Waals surface area contributed by atoms with Gasteiger partial charge >= 0.3 is 0 Å². The van der Waals surface area contributed by atoms with Crippen LogP contribution in [0.15, 0.2) is 36.4 Å². The maximum absolute atomic E-state index is 11.4. The van der Waals surface area contributed by atoms with Crippen LogP contribution in [0, 0.1) is 0 Å². The minimum Gasteiger partial charge on any atom is -0.496 e. The molecule has 0 atom stereocenters. The highest BCUT2D eigenvalue weighted by atomic mass is 16.5. The standard InChI is InChI=1S/C17H22N2O2/c1-3-19-17(20)10-11-18-12-15-14-7-5-4-6-13(14)8-9-16(15)21-2/h4-9,18H,3,10-12H2,1-2H3,(H,19,20). The molecule has 112 valence electrons. The van der Waals surface area contributed by atoms with Crippen molar-refractivity contribution in [1.82, 2.24) is 10.6 Å². The first-order valence-electron chi connectivity index (χ1n) is 7.28. The van der Waals surface area contributed by atoms with Gasteiger partial charge in [-0.2, -0.15) is 0 Å². The number of amides is 1. The van der Waals surface area contributed by atoms with Crippen molar-refractivity contribution in [3.63, 3.8) is 0 Å². The van der Waals surface area contributed by atoms with Gasteiger partial charge in [0.15, 0.2) is 0 Å². The molecule has 0 aliphatic heterocycles. The Bertz CT molecular complexity index is 611. The number of fused-ring (bicyclic) bond motifs is 1. The molecule has 2 N–H and O–H groups in total. The molecular weight excluding hydrogens is 264 g/mol. The molecule has 0 saturated heterocycles. The maximum atomic E-state index is 11.4. The second-order valence-electron chi connectivity index (χ2n) is 4.85. The maximum Gasteiger partial charge on any atom is 0.221 e. The fraction of sp³-hybridized carbons (Fsp3) is 0.353. The van der Waals surface area contributed by atoms with Crippen LogP contribution < -0.4 is 15.4 Å². The van der Waals surface area contributed by atoms with E-state index in [1.165, 1.54) is 10.8 Å². The lowest BCUT2D eigenvalue weighted by molar-refractivity contribution is -0.120.